The second kappa shape index (κ2) is 36.6. The first-order valence-corrected chi connectivity index (χ1v) is 14.3. The first-order valence-electron chi connectivity index (χ1n) is 14.3. The summed E-state index contributed by atoms with van der Waals surface area (Å²) in [7, 11) is 0. The van der Waals surface area contributed by atoms with E-state index in [1.54, 1.807) is 0 Å². The molecule has 38 heavy (non-hydrogen) atoms. The minimum atomic E-state index is 0.527. The Bertz CT molecular complexity index is 369. The monoisotopic (exact) mass is 556 g/mol. The Balaban J connectivity index is 3.01. The minimum absolute atomic E-state index is 0.527. The van der Waals surface area contributed by atoms with E-state index in [9.17, 15) is 0 Å². The van der Waals surface area contributed by atoms with Crippen molar-refractivity contribution >= 4 is 0 Å². The average Bonchev–Trinajstić information content (AvgIpc) is 2.93. The number of unbranched alkanes of at least 4 members (excludes halogenated alkanes) is 2. The molecule has 0 amide bonds. The van der Waals surface area contributed by atoms with Crippen molar-refractivity contribution < 1.29 is 52.1 Å². The van der Waals surface area contributed by atoms with Gasteiger partial charge in [0.05, 0.1) is 132 Å². The van der Waals surface area contributed by atoms with Crippen LogP contribution in [0.5, 0.6) is 0 Å². The second-order valence-corrected chi connectivity index (χ2v) is 8.03. The highest BCUT2D eigenvalue weighted by atomic mass is 16.6. The Morgan fingerprint density at radius 3 is 0.658 bits per heavy atom. The molecular weight excluding hydrogens is 500 g/mol. The van der Waals surface area contributed by atoms with Gasteiger partial charge in [-0.25, -0.2) is 0 Å². The van der Waals surface area contributed by atoms with Crippen molar-refractivity contribution in [2.24, 2.45) is 0 Å². The molecule has 0 aliphatic heterocycles. The molecule has 0 spiro atoms. The van der Waals surface area contributed by atoms with Gasteiger partial charge in [0, 0.05) is 13.2 Å². The molecule has 0 heterocycles. The Labute approximate surface area is 230 Å². The van der Waals surface area contributed by atoms with Gasteiger partial charge in [0.2, 0.25) is 0 Å². The summed E-state index contributed by atoms with van der Waals surface area (Å²) in [6, 6.07) is 0. The molecule has 0 saturated heterocycles. The van der Waals surface area contributed by atoms with Crippen LogP contribution in [0, 0.1) is 0 Å². The molecule has 0 fully saturated rings. The average molecular weight is 557 g/mol. The molecule has 0 bridgehead atoms. The summed E-state index contributed by atoms with van der Waals surface area (Å²) >= 11 is 0. The third kappa shape index (κ3) is 35.6. The van der Waals surface area contributed by atoms with Crippen molar-refractivity contribution in [1.82, 2.24) is 0 Å². The highest BCUT2D eigenvalue weighted by molar-refractivity contribution is 4.39. The standard InChI is InChI=1S/C27H56O11/c1-3-5-6-7-29-10-11-31-14-15-33-18-19-35-22-23-37-26-27-38-25-24-36-21-20-34-17-16-32-13-12-30-9-8-28-4-2/h3-27H2,1-2H3. The Kier molecular flexibility index (Phi) is 36.1. The Morgan fingerprint density at radius 2 is 0.447 bits per heavy atom. The molecule has 0 rings (SSSR count). The van der Waals surface area contributed by atoms with E-state index in [1.165, 1.54) is 12.8 Å². The molecule has 0 saturated carbocycles. The van der Waals surface area contributed by atoms with Gasteiger partial charge in [-0.3, -0.25) is 0 Å². The predicted molar refractivity (Wildman–Crippen MR) is 144 cm³/mol. The van der Waals surface area contributed by atoms with E-state index < -0.39 is 0 Å². The van der Waals surface area contributed by atoms with Gasteiger partial charge >= 0.3 is 0 Å². The largest absolute Gasteiger partial charge is 0.379 e. The van der Waals surface area contributed by atoms with Gasteiger partial charge in [0.1, 0.15) is 0 Å². The summed E-state index contributed by atoms with van der Waals surface area (Å²) < 4.78 is 59.6. The molecule has 0 radical (unpaired) electrons. The molecule has 0 aliphatic rings. The molecule has 230 valence electrons. The molecule has 0 aromatic heterocycles. The zero-order chi connectivity index (χ0) is 27.5. The number of ether oxygens (including phenoxy) is 11. The maximum atomic E-state index is 5.48. The first kappa shape index (κ1) is 37.6. The summed E-state index contributed by atoms with van der Waals surface area (Å²) in [4.78, 5) is 0. The van der Waals surface area contributed by atoms with Crippen LogP contribution in [-0.2, 0) is 52.1 Å². The zero-order valence-corrected chi connectivity index (χ0v) is 24.2. The van der Waals surface area contributed by atoms with E-state index in [2.05, 4.69) is 6.92 Å². The maximum absolute atomic E-state index is 5.48. The molecular formula is C27H56O11. The third-order valence-electron chi connectivity index (χ3n) is 4.82. The van der Waals surface area contributed by atoms with Crippen LogP contribution in [0.4, 0.5) is 0 Å². The lowest BCUT2D eigenvalue weighted by Gasteiger charge is -2.09. The predicted octanol–water partition coefficient (Wildman–Crippen LogP) is 2.38. The van der Waals surface area contributed by atoms with E-state index in [0.717, 1.165) is 13.0 Å². The van der Waals surface area contributed by atoms with Crippen molar-refractivity contribution in [3.8, 4) is 0 Å². The van der Waals surface area contributed by atoms with E-state index in [-0.39, 0.29) is 0 Å². The number of hydrogen-bond acceptors (Lipinski definition) is 11. The van der Waals surface area contributed by atoms with Crippen molar-refractivity contribution in [3.05, 3.63) is 0 Å². The van der Waals surface area contributed by atoms with E-state index >= 15 is 0 Å². The van der Waals surface area contributed by atoms with Crippen molar-refractivity contribution in [2.75, 3.05) is 145 Å². The zero-order valence-electron chi connectivity index (χ0n) is 24.2. The smallest absolute Gasteiger partial charge is 0.0701 e. The lowest BCUT2D eigenvalue weighted by atomic mass is 10.3. The third-order valence-corrected chi connectivity index (χ3v) is 4.82. The second-order valence-electron chi connectivity index (χ2n) is 8.03. The quantitative estimate of drug-likeness (QED) is 0.108. The normalized spacial score (nSPS) is 11.5. The van der Waals surface area contributed by atoms with Crippen LogP contribution in [-0.4, -0.2) is 145 Å². The summed E-state index contributed by atoms with van der Waals surface area (Å²) in [5.74, 6) is 0. The SMILES string of the molecule is CCCCCOCCOCCOCCOCCOCCOCCOCCOCCOCCOCCOCC. The Morgan fingerprint density at radius 1 is 0.237 bits per heavy atom. The fourth-order valence-electron chi connectivity index (χ4n) is 2.80. The molecule has 0 unspecified atom stereocenters. The van der Waals surface area contributed by atoms with E-state index in [4.69, 9.17) is 52.1 Å². The topological polar surface area (TPSA) is 102 Å². The minimum Gasteiger partial charge on any atom is -0.379 e. The van der Waals surface area contributed by atoms with Crippen LogP contribution in [0.15, 0.2) is 0 Å². The lowest BCUT2D eigenvalue weighted by Crippen LogP contribution is -2.15. The van der Waals surface area contributed by atoms with Crippen LogP contribution in [0.2, 0.25) is 0 Å². The molecule has 0 N–H and O–H groups in total. The highest BCUT2D eigenvalue weighted by Crippen LogP contribution is 1.94. The molecule has 0 aromatic rings. The van der Waals surface area contributed by atoms with Crippen LogP contribution < -0.4 is 0 Å². The van der Waals surface area contributed by atoms with Crippen LogP contribution in [0.1, 0.15) is 33.1 Å². The van der Waals surface area contributed by atoms with Gasteiger partial charge < -0.3 is 52.1 Å². The highest BCUT2D eigenvalue weighted by Gasteiger charge is 1.96. The fourth-order valence-corrected chi connectivity index (χ4v) is 2.80. The lowest BCUT2D eigenvalue weighted by molar-refractivity contribution is -0.0274. The van der Waals surface area contributed by atoms with Gasteiger partial charge in [0.15, 0.2) is 0 Å². The molecule has 0 aromatic carbocycles. The number of hydrogen-bond donors (Lipinski definition) is 0. The van der Waals surface area contributed by atoms with Crippen LogP contribution >= 0.6 is 0 Å². The van der Waals surface area contributed by atoms with E-state index in [1.807, 2.05) is 6.92 Å². The molecule has 0 aliphatic carbocycles. The van der Waals surface area contributed by atoms with Crippen LogP contribution in [0.3, 0.4) is 0 Å². The molecule has 11 nitrogen and oxygen atoms in total. The maximum Gasteiger partial charge on any atom is 0.0701 e. The van der Waals surface area contributed by atoms with Crippen LogP contribution in [0.25, 0.3) is 0 Å². The fraction of sp³-hybridized carbons (Fsp3) is 1.00. The number of rotatable bonds is 35. The van der Waals surface area contributed by atoms with Gasteiger partial charge in [-0.1, -0.05) is 19.8 Å². The summed E-state index contributed by atoms with van der Waals surface area (Å²) in [6.45, 7) is 16.8. The van der Waals surface area contributed by atoms with Crippen molar-refractivity contribution in [1.29, 1.82) is 0 Å². The van der Waals surface area contributed by atoms with E-state index in [0.29, 0.717) is 139 Å². The summed E-state index contributed by atoms with van der Waals surface area (Å²) in [5, 5.41) is 0. The van der Waals surface area contributed by atoms with Gasteiger partial charge in [0.25, 0.3) is 0 Å². The van der Waals surface area contributed by atoms with Gasteiger partial charge in [-0.05, 0) is 13.3 Å². The molecule has 11 heteroatoms. The Hall–Kier alpha value is -0.440. The summed E-state index contributed by atoms with van der Waals surface area (Å²) in [6.07, 6.45) is 3.55. The van der Waals surface area contributed by atoms with Crippen molar-refractivity contribution in [3.63, 3.8) is 0 Å². The van der Waals surface area contributed by atoms with Gasteiger partial charge in [-0.15, -0.1) is 0 Å². The first-order chi connectivity index (χ1) is 18.9. The summed E-state index contributed by atoms with van der Waals surface area (Å²) in [5.41, 5.74) is 0. The van der Waals surface area contributed by atoms with Crippen molar-refractivity contribution in [2.45, 2.75) is 33.1 Å². The van der Waals surface area contributed by atoms with Gasteiger partial charge in [-0.2, -0.15) is 0 Å². The molecule has 0 atom stereocenters.